The molecule has 8 heteroatoms. The smallest absolute Gasteiger partial charge is 0.270 e. The molecule has 1 amide bonds. The molecular weight excluding hydrogens is 336 g/mol. The molecule has 1 aliphatic rings. The second kappa shape index (κ2) is 8.14. The number of thiophene rings is 1. The van der Waals surface area contributed by atoms with Gasteiger partial charge in [-0.3, -0.25) is 4.79 Å². The molecule has 3 heterocycles. The van der Waals surface area contributed by atoms with Gasteiger partial charge in [-0.25, -0.2) is 4.98 Å². The first-order valence-corrected chi connectivity index (χ1v) is 8.00. The number of nitrogens with one attached hydrogen (secondary N) is 2. The van der Waals surface area contributed by atoms with Crippen molar-refractivity contribution in [3.8, 4) is 5.75 Å². The minimum absolute atomic E-state index is 0. The van der Waals surface area contributed by atoms with Gasteiger partial charge >= 0.3 is 0 Å². The van der Waals surface area contributed by atoms with Gasteiger partial charge in [0.2, 0.25) is 0 Å². The van der Waals surface area contributed by atoms with Crippen molar-refractivity contribution in [3.05, 3.63) is 34.7 Å². The largest absolute Gasteiger partial charge is 0.495 e. The maximum Gasteiger partial charge on any atom is 0.270 e. The highest BCUT2D eigenvalue weighted by atomic mass is 35.5. The second-order valence-electron chi connectivity index (χ2n) is 4.91. The first kappa shape index (κ1) is 17.5. The number of aromatic nitrogens is 1. The Labute approximate surface area is 145 Å². The predicted molar refractivity (Wildman–Crippen MR) is 95.4 cm³/mol. The molecule has 0 atom stereocenters. The van der Waals surface area contributed by atoms with Crippen molar-refractivity contribution in [2.24, 2.45) is 0 Å². The Morgan fingerprint density at radius 3 is 2.78 bits per heavy atom. The van der Waals surface area contributed by atoms with Gasteiger partial charge in [0, 0.05) is 26.2 Å². The van der Waals surface area contributed by atoms with Gasteiger partial charge in [-0.2, -0.15) is 0 Å². The van der Waals surface area contributed by atoms with Crippen molar-refractivity contribution >= 4 is 41.2 Å². The molecule has 0 aliphatic carbocycles. The number of methoxy groups -OCH3 is 1. The summed E-state index contributed by atoms with van der Waals surface area (Å²) in [6, 6.07) is 5.59. The number of hydrogen-bond donors (Lipinski definition) is 2. The van der Waals surface area contributed by atoms with Gasteiger partial charge in [0.15, 0.2) is 0 Å². The first-order chi connectivity index (χ1) is 10.8. The van der Waals surface area contributed by atoms with Crippen LogP contribution in [0.25, 0.3) is 0 Å². The molecule has 0 saturated carbocycles. The number of piperazine rings is 1. The number of amides is 1. The lowest BCUT2D eigenvalue weighted by Crippen LogP contribution is -2.43. The Bertz CT molecular complexity index is 641. The zero-order chi connectivity index (χ0) is 15.4. The number of anilines is 2. The fourth-order valence-corrected chi connectivity index (χ4v) is 3.12. The summed E-state index contributed by atoms with van der Waals surface area (Å²) in [5, 5.41) is 7.95. The molecule has 124 valence electrons. The van der Waals surface area contributed by atoms with Crippen LogP contribution in [0.2, 0.25) is 0 Å². The normalized spacial score (nSPS) is 14.0. The van der Waals surface area contributed by atoms with Crippen molar-refractivity contribution in [1.29, 1.82) is 0 Å². The maximum atomic E-state index is 12.2. The van der Waals surface area contributed by atoms with Gasteiger partial charge in [0.25, 0.3) is 5.91 Å². The number of hydrogen-bond acceptors (Lipinski definition) is 6. The van der Waals surface area contributed by atoms with E-state index in [0.29, 0.717) is 16.4 Å². The van der Waals surface area contributed by atoms with E-state index in [1.54, 1.807) is 19.4 Å². The maximum absolute atomic E-state index is 12.2. The van der Waals surface area contributed by atoms with Gasteiger partial charge < -0.3 is 20.3 Å². The van der Waals surface area contributed by atoms with Crippen LogP contribution in [-0.4, -0.2) is 44.2 Å². The highest BCUT2D eigenvalue weighted by Gasteiger charge is 2.15. The molecular formula is C15H19ClN4O2S. The van der Waals surface area contributed by atoms with Crippen LogP contribution < -0.4 is 20.3 Å². The quantitative estimate of drug-likeness (QED) is 0.881. The lowest BCUT2D eigenvalue weighted by Gasteiger charge is -2.29. The topological polar surface area (TPSA) is 66.5 Å². The zero-order valence-electron chi connectivity index (χ0n) is 12.7. The number of ether oxygens (including phenoxy) is 1. The molecule has 0 bridgehead atoms. The van der Waals surface area contributed by atoms with E-state index >= 15 is 0 Å². The molecule has 6 nitrogen and oxygen atoms in total. The summed E-state index contributed by atoms with van der Waals surface area (Å²) in [6.07, 6.45) is 1.80. The number of nitrogens with zero attached hydrogens (tertiary/aromatic N) is 2. The molecule has 1 aliphatic heterocycles. The third-order valence-corrected chi connectivity index (χ3v) is 4.42. The van der Waals surface area contributed by atoms with Crippen LogP contribution in [0.1, 0.15) is 9.67 Å². The SMILES string of the molecule is COc1ccsc1C(=O)Nc1ccc(N2CCNCC2)cn1.Cl. The van der Waals surface area contributed by atoms with E-state index in [4.69, 9.17) is 4.74 Å². The predicted octanol–water partition coefficient (Wildman–Crippen LogP) is 2.24. The van der Waals surface area contributed by atoms with Crippen molar-refractivity contribution in [1.82, 2.24) is 10.3 Å². The monoisotopic (exact) mass is 354 g/mol. The molecule has 1 fully saturated rings. The summed E-state index contributed by atoms with van der Waals surface area (Å²) in [4.78, 5) is 19.4. The summed E-state index contributed by atoms with van der Waals surface area (Å²) >= 11 is 1.35. The van der Waals surface area contributed by atoms with E-state index in [1.165, 1.54) is 11.3 Å². The molecule has 0 spiro atoms. The third kappa shape index (κ3) is 4.13. The second-order valence-corrected chi connectivity index (χ2v) is 5.83. The number of carbonyl (C=O) groups is 1. The standard InChI is InChI=1S/C15H18N4O2S.ClH/c1-21-12-4-9-22-14(12)15(20)18-13-3-2-11(10-17-13)19-7-5-16-6-8-19;/h2-4,9-10,16H,5-8H2,1H3,(H,17,18,20);1H. The lowest BCUT2D eigenvalue weighted by atomic mass is 10.3. The Morgan fingerprint density at radius 2 is 2.13 bits per heavy atom. The van der Waals surface area contributed by atoms with Gasteiger partial charge in [0.05, 0.1) is 19.0 Å². The van der Waals surface area contributed by atoms with Crippen LogP contribution in [0.3, 0.4) is 0 Å². The van der Waals surface area contributed by atoms with E-state index in [0.717, 1.165) is 31.9 Å². The van der Waals surface area contributed by atoms with Gasteiger partial charge in [-0.15, -0.1) is 23.7 Å². The number of rotatable bonds is 4. The van der Waals surface area contributed by atoms with E-state index < -0.39 is 0 Å². The molecule has 1 saturated heterocycles. The van der Waals surface area contributed by atoms with Crippen LogP contribution in [0.5, 0.6) is 5.75 Å². The molecule has 0 unspecified atom stereocenters. The molecule has 3 rings (SSSR count). The number of carbonyl (C=O) groups excluding carboxylic acids is 1. The fraction of sp³-hybridized carbons (Fsp3) is 0.333. The zero-order valence-corrected chi connectivity index (χ0v) is 14.4. The highest BCUT2D eigenvalue weighted by Crippen LogP contribution is 2.25. The Hall–Kier alpha value is -1.83. The fourth-order valence-electron chi connectivity index (χ4n) is 2.37. The molecule has 23 heavy (non-hydrogen) atoms. The molecule has 2 N–H and O–H groups in total. The molecule has 2 aromatic heterocycles. The van der Waals surface area contributed by atoms with Crippen LogP contribution in [-0.2, 0) is 0 Å². The van der Waals surface area contributed by atoms with E-state index in [9.17, 15) is 4.79 Å². The first-order valence-electron chi connectivity index (χ1n) is 7.12. The van der Waals surface area contributed by atoms with Crippen molar-refractivity contribution < 1.29 is 9.53 Å². The van der Waals surface area contributed by atoms with Crippen LogP contribution >= 0.6 is 23.7 Å². The number of halogens is 1. The average Bonchev–Trinajstić information content (AvgIpc) is 3.05. The van der Waals surface area contributed by atoms with Crippen molar-refractivity contribution in [3.63, 3.8) is 0 Å². The summed E-state index contributed by atoms with van der Waals surface area (Å²) in [7, 11) is 1.55. The molecule has 2 aromatic rings. The van der Waals surface area contributed by atoms with Gasteiger partial charge in [0.1, 0.15) is 16.4 Å². The molecule has 0 aromatic carbocycles. The Balaban J connectivity index is 0.00000192. The highest BCUT2D eigenvalue weighted by molar-refractivity contribution is 7.12. The minimum atomic E-state index is -0.200. The summed E-state index contributed by atoms with van der Waals surface area (Å²) in [5.74, 6) is 0.925. The molecule has 0 radical (unpaired) electrons. The Morgan fingerprint density at radius 1 is 1.35 bits per heavy atom. The number of pyridine rings is 1. The summed E-state index contributed by atoms with van der Waals surface area (Å²) < 4.78 is 5.16. The van der Waals surface area contributed by atoms with Crippen LogP contribution in [0, 0.1) is 0 Å². The van der Waals surface area contributed by atoms with E-state index in [2.05, 4.69) is 20.5 Å². The lowest BCUT2D eigenvalue weighted by molar-refractivity contribution is 0.102. The van der Waals surface area contributed by atoms with Crippen molar-refractivity contribution in [2.75, 3.05) is 43.5 Å². The van der Waals surface area contributed by atoms with E-state index in [1.807, 2.05) is 17.5 Å². The van der Waals surface area contributed by atoms with E-state index in [-0.39, 0.29) is 18.3 Å². The van der Waals surface area contributed by atoms with Crippen LogP contribution in [0.15, 0.2) is 29.8 Å². The third-order valence-electron chi connectivity index (χ3n) is 3.53. The average molecular weight is 355 g/mol. The summed E-state index contributed by atoms with van der Waals surface area (Å²) in [6.45, 7) is 3.91. The Kier molecular flexibility index (Phi) is 6.20. The van der Waals surface area contributed by atoms with Crippen molar-refractivity contribution in [2.45, 2.75) is 0 Å². The van der Waals surface area contributed by atoms with Crippen LogP contribution in [0.4, 0.5) is 11.5 Å². The van der Waals surface area contributed by atoms with Gasteiger partial charge in [-0.1, -0.05) is 0 Å². The summed E-state index contributed by atoms with van der Waals surface area (Å²) in [5.41, 5.74) is 1.08. The minimum Gasteiger partial charge on any atom is -0.495 e. The van der Waals surface area contributed by atoms with Gasteiger partial charge in [-0.05, 0) is 23.6 Å².